The number of nitrogens with zero attached hydrogens (tertiary/aromatic N) is 2. The molecule has 0 bridgehead atoms. The lowest BCUT2D eigenvalue weighted by Crippen LogP contribution is -2.06. The monoisotopic (exact) mass is 273 g/mol. The average Bonchev–Trinajstić information content (AvgIpc) is 2.45. The molecule has 0 spiro atoms. The standard InChI is InChI=1S/C17H27N3/c1-3-4-5-6-7-8-9-10-12-19-17-16(14-18)15(2)11-13-20-17/h11,13H,3-10,12H2,1-2H3,(H,19,20). The van der Waals surface area contributed by atoms with Crippen LogP contribution in [0.1, 0.15) is 69.4 Å². The summed E-state index contributed by atoms with van der Waals surface area (Å²) in [7, 11) is 0. The lowest BCUT2D eigenvalue weighted by Gasteiger charge is -2.08. The molecule has 0 fully saturated rings. The molecule has 1 heterocycles. The number of aryl methyl sites for hydroxylation is 1. The summed E-state index contributed by atoms with van der Waals surface area (Å²) in [6, 6.07) is 4.09. The van der Waals surface area contributed by atoms with Gasteiger partial charge in [-0.3, -0.25) is 0 Å². The van der Waals surface area contributed by atoms with Crippen molar-refractivity contribution in [3.63, 3.8) is 0 Å². The quantitative estimate of drug-likeness (QED) is 0.622. The first-order chi connectivity index (χ1) is 9.79. The van der Waals surface area contributed by atoms with Crippen molar-refractivity contribution in [3.8, 4) is 6.07 Å². The fraction of sp³-hybridized carbons (Fsp3) is 0.647. The van der Waals surface area contributed by atoms with Gasteiger partial charge in [0.25, 0.3) is 0 Å². The minimum Gasteiger partial charge on any atom is -0.369 e. The Kier molecular flexibility index (Phi) is 8.46. The molecule has 3 heteroatoms. The maximum atomic E-state index is 9.11. The van der Waals surface area contributed by atoms with Crippen molar-refractivity contribution >= 4 is 5.82 Å². The maximum Gasteiger partial charge on any atom is 0.144 e. The molecule has 0 aliphatic heterocycles. The van der Waals surface area contributed by atoms with Crippen molar-refractivity contribution in [2.24, 2.45) is 0 Å². The number of aromatic nitrogens is 1. The highest BCUT2D eigenvalue weighted by atomic mass is 15.0. The van der Waals surface area contributed by atoms with E-state index in [9.17, 15) is 0 Å². The molecule has 1 aromatic rings. The molecule has 1 aromatic heterocycles. The van der Waals surface area contributed by atoms with Crippen molar-refractivity contribution in [1.29, 1.82) is 5.26 Å². The summed E-state index contributed by atoms with van der Waals surface area (Å²) < 4.78 is 0. The largest absolute Gasteiger partial charge is 0.369 e. The van der Waals surface area contributed by atoms with Crippen LogP contribution in [0.25, 0.3) is 0 Å². The molecule has 20 heavy (non-hydrogen) atoms. The third-order valence-electron chi connectivity index (χ3n) is 3.59. The number of anilines is 1. The summed E-state index contributed by atoms with van der Waals surface area (Å²) >= 11 is 0. The Morgan fingerprint density at radius 1 is 1.10 bits per heavy atom. The van der Waals surface area contributed by atoms with Gasteiger partial charge in [-0.05, 0) is 25.0 Å². The van der Waals surface area contributed by atoms with Gasteiger partial charge < -0.3 is 5.32 Å². The first-order valence-corrected chi connectivity index (χ1v) is 7.89. The Labute approximate surface area is 123 Å². The smallest absolute Gasteiger partial charge is 0.144 e. The molecule has 1 N–H and O–H groups in total. The number of hydrogen-bond acceptors (Lipinski definition) is 3. The van der Waals surface area contributed by atoms with Crippen LogP contribution in [-0.2, 0) is 0 Å². The minimum absolute atomic E-state index is 0.673. The van der Waals surface area contributed by atoms with E-state index < -0.39 is 0 Å². The van der Waals surface area contributed by atoms with Gasteiger partial charge in [0, 0.05) is 12.7 Å². The van der Waals surface area contributed by atoms with E-state index in [1.54, 1.807) is 6.20 Å². The lowest BCUT2D eigenvalue weighted by atomic mass is 10.1. The summed E-state index contributed by atoms with van der Waals surface area (Å²) in [6.45, 7) is 5.10. The number of nitrogens with one attached hydrogen (secondary N) is 1. The van der Waals surface area contributed by atoms with E-state index in [0.717, 1.165) is 24.3 Å². The summed E-state index contributed by atoms with van der Waals surface area (Å²) in [5.74, 6) is 0.732. The maximum absolute atomic E-state index is 9.11. The third-order valence-corrected chi connectivity index (χ3v) is 3.59. The Morgan fingerprint density at radius 2 is 1.75 bits per heavy atom. The van der Waals surface area contributed by atoms with E-state index >= 15 is 0 Å². The fourth-order valence-corrected chi connectivity index (χ4v) is 2.30. The van der Waals surface area contributed by atoms with Gasteiger partial charge >= 0.3 is 0 Å². The van der Waals surface area contributed by atoms with E-state index in [1.807, 2.05) is 13.0 Å². The molecule has 0 aliphatic rings. The van der Waals surface area contributed by atoms with Crippen molar-refractivity contribution < 1.29 is 0 Å². The van der Waals surface area contributed by atoms with Crippen LogP contribution in [0.5, 0.6) is 0 Å². The number of nitriles is 1. The van der Waals surface area contributed by atoms with Crippen molar-refractivity contribution in [1.82, 2.24) is 4.98 Å². The van der Waals surface area contributed by atoms with E-state index in [1.165, 1.54) is 44.9 Å². The second-order valence-electron chi connectivity index (χ2n) is 5.36. The normalized spacial score (nSPS) is 10.2. The summed E-state index contributed by atoms with van der Waals surface area (Å²) in [6.07, 6.45) is 12.3. The molecule has 1 rings (SSSR count). The number of unbranched alkanes of at least 4 members (excludes halogenated alkanes) is 7. The van der Waals surface area contributed by atoms with Crippen LogP contribution in [0, 0.1) is 18.3 Å². The molecule has 0 aliphatic carbocycles. The highest BCUT2D eigenvalue weighted by Gasteiger charge is 2.04. The lowest BCUT2D eigenvalue weighted by molar-refractivity contribution is 0.581. The van der Waals surface area contributed by atoms with Crippen molar-refractivity contribution in [2.75, 3.05) is 11.9 Å². The molecular weight excluding hydrogens is 246 g/mol. The minimum atomic E-state index is 0.673. The number of rotatable bonds is 10. The average molecular weight is 273 g/mol. The van der Waals surface area contributed by atoms with E-state index in [2.05, 4.69) is 23.3 Å². The highest BCUT2D eigenvalue weighted by Crippen LogP contribution is 2.15. The van der Waals surface area contributed by atoms with Crippen LogP contribution < -0.4 is 5.32 Å². The van der Waals surface area contributed by atoms with E-state index in [0.29, 0.717) is 5.56 Å². The van der Waals surface area contributed by atoms with Gasteiger partial charge in [0.2, 0.25) is 0 Å². The van der Waals surface area contributed by atoms with Gasteiger partial charge in [-0.15, -0.1) is 0 Å². The fourth-order valence-electron chi connectivity index (χ4n) is 2.30. The molecule has 0 saturated carbocycles. The molecule has 0 unspecified atom stereocenters. The molecule has 0 aromatic carbocycles. The van der Waals surface area contributed by atoms with Gasteiger partial charge in [0.05, 0.1) is 5.56 Å². The SMILES string of the molecule is CCCCCCCCCCNc1nccc(C)c1C#N. The van der Waals surface area contributed by atoms with Gasteiger partial charge in [-0.2, -0.15) is 5.26 Å². The van der Waals surface area contributed by atoms with Gasteiger partial charge in [0.15, 0.2) is 0 Å². The molecular formula is C17H27N3. The Hall–Kier alpha value is -1.56. The summed E-state index contributed by atoms with van der Waals surface area (Å²) in [4.78, 5) is 4.24. The van der Waals surface area contributed by atoms with E-state index in [4.69, 9.17) is 5.26 Å². The molecule has 0 amide bonds. The molecule has 110 valence electrons. The van der Waals surface area contributed by atoms with Crippen molar-refractivity contribution in [2.45, 2.75) is 65.2 Å². The second kappa shape index (κ2) is 10.3. The number of pyridine rings is 1. The number of hydrogen-bond donors (Lipinski definition) is 1. The van der Waals surface area contributed by atoms with Crippen molar-refractivity contribution in [3.05, 3.63) is 23.4 Å². The Bertz CT molecular complexity index is 421. The van der Waals surface area contributed by atoms with Crippen LogP contribution in [0.4, 0.5) is 5.82 Å². The van der Waals surface area contributed by atoms with Crippen LogP contribution >= 0.6 is 0 Å². The highest BCUT2D eigenvalue weighted by molar-refractivity contribution is 5.55. The first kappa shape index (κ1) is 16.5. The predicted octanol–water partition coefficient (Wildman–Crippen LogP) is 4.81. The van der Waals surface area contributed by atoms with Crippen LogP contribution in [0.15, 0.2) is 12.3 Å². The second-order valence-corrected chi connectivity index (χ2v) is 5.36. The zero-order valence-electron chi connectivity index (χ0n) is 12.9. The molecule has 0 radical (unpaired) electrons. The zero-order valence-corrected chi connectivity index (χ0v) is 12.9. The topological polar surface area (TPSA) is 48.7 Å². The first-order valence-electron chi connectivity index (χ1n) is 7.89. The Balaban J connectivity index is 2.13. The predicted molar refractivity (Wildman–Crippen MR) is 84.8 cm³/mol. The van der Waals surface area contributed by atoms with Crippen LogP contribution in [0.3, 0.4) is 0 Å². The Morgan fingerprint density at radius 3 is 2.40 bits per heavy atom. The molecule has 3 nitrogen and oxygen atoms in total. The summed E-state index contributed by atoms with van der Waals surface area (Å²) in [5, 5.41) is 12.4. The summed E-state index contributed by atoms with van der Waals surface area (Å²) in [5.41, 5.74) is 1.66. The third kappa shape index (κ3) is 6.06. The van der Waals surface area contributed by atoms with E-state index in [-0.39, 0.29) is 0 Å². The zero-order chi connectivity index (χ0) is 14.6. The molecule has 0 saturated heterocycles. The van der Waals surface area contributed by atoms with Crippen LogP contribution in [0.2, 0.25) is 0 Å². The van der Waals surface area contributed by atoms with Gasteiger partial charge in [-0.25, -0.2) is 4.98 Å². The molecule has 0 atom stereocenters. The van der Waals surface area contributed by atoms with Gasteiger partial charge in [-0.1, -0.05) is 51.9 Å². The van der Waals surface area contributed by atoms with Crippen LogP contribution in [-0.4, -0.2) is 11.5 Å². The van der Waals surface area contributed by atoms with Gasteiger partial charge in [0.1, 0.15) is 11.9 Å².